The summed E-state index contributed by atoms with van der Waals surface area (Å²) in [6, 6.07) is 16.1. The number of nitrogens with zero attached hydrogens (tertiary/aromatic N) is 2. The van der Waals surface area contributed by atoms with E-state index >= 15 is 0 Å². The van der Waals surface area contributed by atoms with Crippen molar-refractivity contribution in [1.82, 2.24) is 9.97 Å². The van der Waals surface area contributed by atoms with Crippen LogP contribution in [0.15, 0.2) is 59.3 Å². The molecule has 2 heterocycles. The lowest BCUT2D eigenvalue weighted by molar-refractivity contribution is 0.247. The molecule has 0 N–H and O–H groups in total. The van der Waals surface area contributed by atoms with Gasteiger partial charge in [0.25, 0.3) is 0 Å². The second-order valence-corrected chi connectivity index (χ2v) is 8.73. The van der Waals surface area contributed by atoms with Gasteiger partial charge < -0.3 is 9.47 Å². The van der Waals surface area contributed by atoms with Crippen LogP contribution in [0.2, 0.25) is 0 Å². The van der Waals surface area contributed by atoms with Gasteiger partial charge in [0, 0.05) is 28.3 Å². The monoisotopic (exact) mass is 422 g/mol. The molecule has 0 atom stereocenters. The summed E-state index contributed by atoms with van der Waals surface area (Å²) in [5.41, 5.74) is 4.26. The van der Waals surface area contributed by atoms with Crippen LogP contribution in [-0.4, -0.2) is 23.2 Å². The van der Waals surface area contributed by atoms with Crippen LogP contribution in [0, 0.1) is 13.8 Å². The van der Waals surface area contributed by atoms with Crippen molar-refractivity contribution in [1.29, 1.82) is 0 Å². The Morgan fingerprint density at radius 3 is 1.41 bits per heavy atom. The first kappa shape index (κ1) is 19.6. The fraction of sp³-hybridized carbons (Fsp3) is 0.217. The van der Waals surface area contributed by atoms with Crippen molar-refractivity contribution in [2.45, 2.75) is 20.3 Å². The average molecular weight is 423 g/mol. The molecule has 29 heavy (non-hydrogen) atoms. The van der Waals surface area contributed by atoms with Crippen molar-refractivity contribution in [2.24, 2.45) is 0 Å². The molecular weight excluding hydrogens is 400 g/mol. The molecule has 0 fully saturated rings. The topological polar surface area (TPSA) is 44.2 Å². The Hall–Kier alpha value is -2.70. The molecule has 4 nitrogen and oxygen atoms in total. The molecule has 0 unspecified atom stereocenters. The van der Waals surface area contributed by atoms with E-state index in [9.17, 15) is 0 Å². The van der Waals surface area contributed by atoms with Gasteiger partial charge in [-0.1, -0.05) is 0 Å². The minimum atomic E-state index is 0.616. The molecule has 0 bridgehead atoms. The van der Waals surface area contributed by atoms with Crippen molar-refractivity contribution < 1.29 is 9.47 Å². The molecule has 0 aliphatic heterocycles. The van der Waals surface area contributed by atoms with Gasteiger partial charge in [0.15, 0.2) is 0 Å². The minimum Gasteiger partial charge on any atom is -0.493 e. The normalized spacial score (nSPS) is 10.8. The summed E-state index contributed by atoms with van der Waals surface area (Å²) in [5.74, 6) is 1.73. The highest BCUT2D eigenvalue weighted by atomic mass is 32.1. The zero-order chi connectivity index (χ0) is 20.1. The Labute approximate surface area is 178 Å². The lowest BCUT2D eigenvalue weighted by atomic mass is 10.2. The number of hydrogen-bond acceptors (Lipinski definition) is 6. The Kier molecular flexibility index (Phi) is 6.22. The maximum absolute atomic E-state index is 5.81. The summed E-state index contributed by atoms with van der Waals surface area (Å²) in [6.45, 7) is 5.27. The zero-order valence-electron chi connectivity index (χ0n) is 16.4. The van der Waals surface area contributed by atoms with Crippen LogP contribution in [0.1, 0.15) is 16.4 Å². The van der Waals surface area contributed by atoms with E-state index in [4.69, 9.17) is 9.47 Å². The molecule has 4 rings (SSSR count). The third-order valence-electron chi connectivity index (χ3n) is 4.36. The van der Waals surface area contributed by atoms with Gasteiger partial charge in [-0.05, 0) is 62.4 Å². The van der Waals surface area contributed by atoms with E-state index in [1.54, 1.807) is 22.7 Å². The molecule has 2 aromatic carbocycles. The van der Waals surface area contributed by atoms with Gasteiger partial charge in [0.1, 0.15) is 11.5 Å². The number of aromatic nitrogens is 2. The van der Waals surface area contributed by atoms with Gasteiger partial charge in [0.05, 0.1) is 34.6 Å². The summed E-state index contributed by atoms with van der Waals surface area (Å²) in [5, 5.41) is 6.31. The zero-order valence-corrected chi connectivity index (χ0v) is 18.1. The van der Waals surface area contributed by atoms with Crippen LogP contribution in [-0.2, 0) is 0 Å². The molecule has 6 heteroatoms. The predicted molar refractivity (Wildman–Crippen MR) is 120 cm³/mol. The van der Waals surface area contributed by atoms with E-state index in [0.717, 1.165) is 50.4 Å². The Morgan fingerprint density at radius 2 is 1.07 bits per heavy atom. The van der Waals surface area contributed by atoms with Crippen molar-refractivity contribution >= 4 is 22.7 Å². The number of ether oxygens (including phenoxy) is 2. The van der Waals surface area contributed by atoms with E-state index in [1.807, 2.05) is 62.4 Å². The van der Waals surface area contributed by atoms with E-state index in [1.165, 1.54) is 0 Å². The Morgan fingerprint density at radius 1 is 0.655 bits per heavy atom. The van der Waals surface area contributed by atoms with Crippen molar-refractivity contribution in [2.75, 3.05) is 13.2 Å². The molecule has 4 aromatic rings. The maximum Gasteiger partial charge on any atom is 0.119 e. The van der Waals surface area contributed by atoms with E-state index in [2.05, 4.69) is 20.7 Å². The lowest BCUT2D eigenvalue weighted by Gasteiger charge is -2.09. The molecule has 2 aromatic heterocycles. The summed E-state index contributed by atoms with van der Waals surface area (Å²) in [7, 11) is 0. The van der Waals surface area contributed by atoms with E-state index in [0.29, 0.717) is 13.2 Å². The van der Waals surface area contributed by atoms with Crippen molar-refractivity contribution in [3.05, 3.63) is 69.3 Å². The summed E-state index contributed by atoms with van der Waals surface area (Å²) < 4.78 is 11.6. The van der Waals surface area contributed by atoms with Crippen molar-refractivity contribution in [3.8, 4) is 34.0 Å². The van der Waals surface area contributed by atoms with Crippen LogP contribution in [0.25, 0.3) is 22.5 Å². The third kappa shape index (κ3) is 5.22. The van der Waals surface area contributed by atoms with Gasteiger partial charge >= 0.3 is 0 Å². The molecule has 0 amide bonds. The standard InChI is InChI=1S/C23H22N2O2S2/c1-16-24-22(14-28-16)18-4-8-20(9-5-18)26-12-3-13-27-21-10-6-19(7-11-21)23-15-29-17(2)25-23/h4-11,14-15H,3,12-13H2,1-2H3. The van der Waals surface area contributed by atoms with E-state index < -0.39 is 0 Å². The summed E-state index contributed by atoms with van der Waals surface area (Å²) in [6.07, 6.45) is 0.820. The Bertz CT molecular complexity index is 967. The molecule has 148 valence electrons. The SMILES string of the molecule is Cc1nc(-c2ccc(OCCCOc3ccc(-c4csc(C)n4)cc3)cc2)cs1. The average Bonchev–Trinajstić information content (AvgIpc) is 3.37. The third-order valence-corrected chi connectivity index (χ3v) is 5.91. The molecule has 0 aliphatic carbocycles. The highest BCUT2D eigenvalue weighted by molar-refractivity contribution is 7.10. The van der Waals surface area contributed by atoms with Crippen LogP contribution in [0.5, 0.6) is 11.5 Å². The molecule has 0 spiro atoms. The second-order valence-electron chi connectivity index (χ2n) is 6.60. The lowest BCUT2D eigenvalue weighted by Crippen LogP contribution is -2.04. The van der Waals surface area contributed by atoms with Crippen LogP contribution in [0.4, 0.5) is 0 Å². The van der Waals surface area contributed by atoms with Gasteiger partial charge in [-0.15, -0.1) is 22.7 Å². The maximum atomic E-state index is 5.81. The fourth-order valence-corrected chi connectivity index (χ4v) is 4.12. The summed E-state index contributed by atoms with van der Waals surface area (Å²) in [4.78, 5) is 9.02. The highest BCUT2D eigenvalue weighted by Gasteiger charge is 2.04. The number of rotatable bonds is 8. The van der Waals surface area contributed by atoms with Gasteiger partial charge in [0.2, 0.25) is 0 Å². The fourth-order valence-electron chi connectivity index (χ4n) is 2.87. The van der Waals surface area contributed by atoms with Crippen LogP contribution in [0.3, 0.4) is 0 Å². The molecule has 0 aliphatic rings. The number of benzene rings is 2. The van der Waals surface area contributed by atoms with E-state index in [-0.39, 0.29) is 0 Å². The molecule has 0 saturated heterocycles. The molecular formula is C23H22N2O2S2. The second kappa shape index (κ2) is 9.20. The number of hydrogen-bond donors (Lipinski definition) is 0. The van der Waals surface area contributed by atoms with Gasteiger partial charge in [-0.2, -0.15) is 0 Å². The smallest absolute Gasteiger partial charge is 0.119 e. The number of aryl methyl sites for hydroxylation is 2. The number of thiazole rings is 2. The van der Waals surface area contributed by atoms with Crippen LogP contribution < -0.4 is 9.47 Å². The first-order chi connectivity index (χ1) is 14.2. The van der Waals surface area contributed by atoms with Crippen molar-refractivity contribution in [3.63, 3.8) is 0 Å². The predicted octanol–water partition coefficient (Wildman–Crippen LogP) is 6.40. The van der Waals surface area contributed by atoms with Crippen LogP contribution >= 0.6 is 22.7 Å². The largest absolute Gasteiger partial charge is 0.493 e. The molecule has 0 radical (unpaired) electrons. The van der Waals surface area contributed by atoms with Gasteiger partial charge in [-0.25, -0.2) is 9.97 Å². The highest BCUT2D eigenvalue weighted by Crippen LogP contribution is 2.25. The summed E-state index contributed by atoms with van der Waals surface area (Å²) >= 11 is 3.32. The minimum absolute atomic E-state index is 0.616. The Balaban J connectivity index is 1.20. The molecule has 0 saturated carbocycles. The first-order valence-electron chi connectivity index (χ1n) is 9.48. The first-order valence-corrected chi connectivity index (χ1v) is 11.2. The quantitative estimate of drug-likeness (QED) is 0.308. The van der Waals surface area contributed by atoms with Gasteiger partial charge in [-0.3, -0.25) is 0 Å².